The first-order chi connectivity index (χ1) is 10.9. The number of halogens is 2. The predicted octanol–water partition coefficient (Wildman–Crippen LogP) is 2.86. The van der Waals surface area contributed by atoms with Gasteiger partial charge in [-0.25, -0.2) is 9.59 Å². The molecule has 0 aliphatic heterocycles. The molecule has 0 heterocycles. The molecule has 0 saturated heterocycles. The van der Waals surface area contributed by atoms with E-state index in [0.717, 1.165) is 12.4 Å². The Hall–Kier alpha value is -2.45. The predicted molar refractivity (Wildman–Crippen MR) is 88.0 cm³/mol. The zero-order valence-corrected chi connectivity index (χ0v) is 13.6. The Morgan fingerprint density at radius 1 is 1.04 bits per heavy atom. The fourth-order valence-electron chi connectivity index (χ4n) is 1.13. The first kappa shape index (κ1) is 18.6. The Morgan fingerprint density at radius 3 is 1.96 bits per heavy atom. The van der Waals surface area contributed by atoms with Gasteiger partial charge in [0.2, 0.25) is 0 Å². The third-order valence-corrected chi connectivity index (χ3v) is 2.62. The molecule has 122 valence electrons. The van der Waals surface area contributed by atoms with Crippen molar-refractivity contribution in [3.05, 3.63) is 28.2 Å². The molecule has 0 atom stereocenters. The summed E-state index contributed by atoms with van der Waals surface area (Å²) in [7, 11) is 0. The van der Waals surface area contributed by atoms with Crippen LogP contribution in [0.4, 0.5) is 5.69 Å². The van der Waals surface area contributed by atoms with Crippen LogP contribution in [0.5, 0.6) is 0 Å². The molecule has 1 rings (SSSR count). The Balaban J connectivity index is 2.93. The van der Waals surface area contributed by atoms with Gasteiger partial charge in [0.05, 0.1) is 28.2 Å². The maximum atomic E-state index is 10.7. The molecule has 0 amide bonds. The van der Waals surface area contributed by atoms with Gasteiger partial charge in [-0.2, -0.15) is 5.10 Å². The number of hydrogen-bond acceptors (Lipinski definition) is 8. The molecule has 1 aromatic carbocycles. The minimum atomic E-state index is -0.611. The minimum absolute atomic E-state index is 0.0727. The molecule has 0 spiro atoms. The van der Waals surface area contributed by atoms with Crippen molar-refractivity contribution in [2.45, 2.75) is 13.8 Å². The Bertz CT molecular complexity index is 626. The van der Waals surface area contributed by atoms with Crippen LogP contribution >= 0.6 is 23.2 Å². The van der Waals surface area contributed by atoms with Gasteiger partial charge in [-0.3, -0.25) is 5.43 Å². The molecule has 23 heavy (non-hydrogen) atoms. The second-order valence-corrected chi connectivity index (χ2v) is 4.69. The van der Waals surface area contributed by atoms with Crippen LogP contribution in [0.3, 0.4) is 0 Å². The van der Waals surface area contributed by atoms with E-state index in [1.165, 1.54) is 13.8 Å². The van der Waals surface area contributed by atoms with Crippen LogP contribution in [-0.2, 0) is 19.3 Å². The number of anilines is 1. The standard InChI is InChI=1S/C13H12Cl2N4O4/c1-8(20)22-16-6-10(7-17-23-9(2)21)18-19-13-11(14)4-3-5-12(13)15/h3-7,19H,1-2H3/b16-6+,17-7+. The smallest absolute Gasteiger partial charge is 0.319 e. The summed E-state index contributed by atoms with van der Waals surface area (Å²) >= 11 is 12.0. The molecule has 0 aliphatic carbocycles. The van der Waals surface area contributed by atoms with E-state index in [9.17, 15) is 9.59 Å². The first-order valence-electron chi connectivity index (χ1n) is 6.09. The average molecular weight is 359 g/mol. The van der Waals surface area contributed by atoms with Gasteiger partial charge < -0.3 is 9.68 Å². The number of nitrogens with one attached hydrogen (secondary N) is 1. The summed E-state index contributed by atoms with van der Waals surface area (Å²) in [4.78, 5) is 30.1. The van der Waals surface area contributed by atoms with E-state index in [1.807, 2.05) is 0 Å². The second-order valence-electron chi connectivity index (χ2n) is 3.88. The monoisotopic (exact) mass is 358 g/mol. The fourth-order valence-corrected chi connectivity index (χ4v) is 1.61. The molecular formula is C13H12Cl2N4O4. The summed E-state index contributed by atoms with van der Waals surface area (Å²) in [6, 6.07) is 4.90. The summed E-state index contributed by atoms with van der Waals surface area (Å²) in [5.74, 6) is -1.22. The lowest BCUT2D eigenvalue weighted by atomic mass is 10.3. The minimum Gasteiger partial charge on any atom is -0.319 e. The fraction of sp³-hybridized carbons (Fsp3) is 0.154. The van der Waals surface area contributed by atoms with Gasteiger partial charge in [-0.05, 0) is 12.1 Å². The zero-order valence-electron chi connectivity index (χ0n) is 12.1. The van der Waals surface area contributed by atoms with Crippen molar-refractivity contribution in [2.75, 3.05) is 5.43 Å². The number of hydrogen-bond donors (Lipinski definition) is 1. The molecule has 0 saturated carbocycles. The maximum Gasteiger partial charge on any atom is 0.331 e. The van der Waals surface area contributed by atoms with E-state index in [-0.39, 0.29) is 5.71 Å². The van der Waals surface area contributed by atoms with Crippen molar-refractivity contribution >= 4 is 59.0 Å². The normalized spacial score (nSPS) is 10.6. The third-order valence-electron chi connectivity index (χ3n) is 1.99. The largest absolute Gasteiger partial charge is 0.331 e. The van der Waals surface area contributed by atoms with E-state index < -0.39 is 11.9 Å². The van der Waals surface area contributed by atoms with Gasteiger partial charge in [-0.1, -0.05) is 39.6 Å². The maximum absolute atomic E-state index is 10.7. The van der Waals surface area contributed by atoms with Gasteiger partial charge in [0.25, 0.3) is 0 Å². The van der Waals surface area contributed by atoms with Crippen molar-refractivity contribution in [1.29, 1.82) is 0 Å². The molecule has 8 nitrogen and oxygen atoms in total. The zero-order chi connectivity index (χ0) is 17.2. The molecule has 0 bridgehead atoms. The van der Waals surface area contributed by atoms with Gasteiger partial charge in [0, 0.05) is 13.8 Å². The van der Waals surface area contributed by atoms with Crippen LogP contribution in [0.25, 0.3) is 0 Å². The SMILES string of the molecule is CC(=O)O/N=C/C(/C=N/OC(C)=O)=NNc1c(Cl)cccc1Cl. The van der Waals surface area contributed by atoms with Crippen molar-refractivity contribution in [3.8, 4) is 0 Å². The summed E-state index contributed by atoms with van der Waals surface area (Å²) in [6.07, 6.45) is 2.15. The lowest BCUT2D eigenvalue weighted by Crippen LogP contribution is -2.08. The highest BCUT2D eigenvalue weighted by Gasteiger charge is 2.04. The molecule has 1 N–H and O–H groups in total. The average Bonchev–Trinajstić information content (AvgIpc) is 2.45. The lowest BCUT2D eigenvalue weighted by molar-refractivity contribution is -0.141. The highest BCUT2D eigenvalue weighted by Crippen LogP contribution is 2.29. The second kappa shape index (κ2) is 9.54. The number of oxime groups is 2. The van der Waals surface area contributed by atoms with Crippen molar-refractivity contribution in [3.63, 3.8) is 0 Å². The third kappa shape index (κ3) is 7.39. The quantitative estimate of drug-likeness (QED) is 0.478. The first-order valence-corrected chi connectivity index (χ1v) is 6.85. The van der Waals surface area contributed by atoms with E-state index in [0.29, 0.717) is 15.7 Å². The highest BCUT2D eigenvalue weighted by molar-refractivity contribution is 6.55. The topological polar surface area (TPSA) is 102 Å². The van der Waals surface area contributed by atoms with Crippen molar-refractivity contribution < 1.29 is 19.3 Å². The van der Waals surface area contributed by atoms with Crippen molar-refractivity contribution in [1.82, 2.24) is 0 Å². The van der Waals surface area contributed by atoms with Crippen LogP contribution in [0.2, 0.25) is 10.0 Å². The molecule has 0 unspecified atom stereocenters. The number of para-hydroxylation sites is 1. The number of benzene rings is 1. The van der Waals surface area contributed by atoms with Gasteiger partial charge in [0.15, 0.2) is 0 Å². The number of rotatable bonds is 6. The highest BCUT2D eigenvalue weighted by atomic mass is 35.5. The van der Waals surface area contributed by atoms with Gasteiger partial charge in [-0.15, -0.1) is 0 Å². The number of carbonyl (C=O) groups is 2. The van der Waals surface area contributed by atoms with E-state index >= 15 is 0 Å². The molecular weight excluding hydrogens is 347 g/mol. The molecule has 0 aliphatic rings. The van der Waals surface area contributed by atoms with Crippen LogP contribution < -0.4 is 5.43 Å². The van der Waals surface area contributed by atoms with E-state index in [2.05, 4.69) is 30.5 Å². The molecule has 10 heteroatoms. The lowest BCUT2D eigenvalue weighted by Gasteiger charge is -2.05. The summed E-state index contributed by atoms with van der Waals surface area (Å²) < 4.78 is 0. The Labute approximate surface area is 141 Å². The van der Waals surface area contributed by atoms with Crippen LogP contribution in [0.1, 0.15) is 13.8 Å². The molecule has 0 radical (unpaired) electrons. The molecule has 0 fully saturated rings. The van der Waals surface area contributed by atoms with Crippen LogP contribution in [0, 0.1) is 0 Å². The van der Waals surface area contributed by atoms with Crippen molar-refractivity contribution in [2.24, 2.45) is 15.4 Å². The summed E-state index contributed by atoms with van der Waals surface area (Å²) in [5, 5.41) is 11.4. The Kier molecular flexibility index (Phi) is 7.72. The van der Waals surface area contributed by atoms with Crippen LogP contribution in [-0.4, -0.2) is 30.1 Å². The number of nitrogens with zero attached hydrogens (tertiary/aromatic N) is 3. The number of hydrazone groups is 1. The number of carbonyl (C=O) groups excluding carboxylic acids is 2. The van der Waals surface area contributed by atoms with Gasteiger partial charge in [0.1, 0.15) is 5.71 Å². The summed E-state index contributed by atoms with van der Waals surface area (Å²) in [6.45, 7) is 2.37. The van der Waals surface area contributed by atoms with Gasteiger partial charge >= 0.3 is 11.9 Å². The Morgan fingerprint density at radius 2 is 1.52 bits per heavy atom. The van der Waals surface area contributed by atoms with Crippen LogP contribution in [0.15, 0.2) is 33.6 Å². The van der Waals surface area contributed by atoms with E-state index in [4.69, 9.17) is 23.2 Å². The molecule has 1 aromatic rings. The summed E-state index contributed by atoms with van der Waals surface area (Å²) in [5.41, 5.74) is 3.05. The molecule has 0 aromatic heterocycles. The van der Waals surface area contributed by atoms with E-state index in [1.54, 1.807) is 18.2 Å².